The summed E-state index contributed by atoms with van der Waals surface area (Å²) in [6.07, 6.45) is 1.19. The molecule has 1 aliphatic rings. The molecule has 8 nitrogen and oxygen atoms in total. The van der Waals surface area contributed by atoms with Crippen molar-refractivity contribution in [2.24, 2.45) is 4.99 Å². The van der Waals surface area contributed by atoms with Crippen molar-refractivity contribution in [3.63, 3.8) is 0 Å². The summed E-state index contributed by atoms with van der Waals surface area (Å²) in [6, 6.07) is -0.156. The van der Waals surface area contributed by atoms with E-state index in [0.717, 1.165) is 17.0 Å². The van der Waals surface area contributed by atoms with Gasteiger partial charge in [-0.05, 0) is 40.0 Å². The number of piperidine rings is 1. The fourth-order valence-corrected chi connectivity index (χ4v) is 4.02. The zero-order chi connectivity index (χ0) is 20.9. The molecule has 1 aromatic heterocycles. The molecule has 0 spiro atoms. The van der Waals surface area contributed by atoms with Gasteiger partial charge in [-0.3, -0.25) is 4.99 Å². The van der Waals surface area contributed by atoms with Gasteiger partial charge in [0.25, 0.3) is 0 Å². The van der Waals surface area contributed by atoms with E-state index in [0.29, 0.717) is 29.8 Å². The van der Waals surface area contributed by atoms with Gasteiger partial charge in [-0.1, -0.05) is 5.16 Å². The highest BCUT2D eigenvalue weighted by molar-refractivity contribution is 7.90. The highest BCUT2D eigenvalue weighted by Crippen LogP contribution is 2.28. The second-order valence-corrected chi connectivity index (χ2v) is 8.51. The van der Waals surface area contributed by atoms with Crippen LogP contribution in [0.1, 0.15) is 36.8 Å². The number of hydrogen-bond donors (Lipinski definition) is 2. The number of halogens is 3. The Labute approximate surface area is 162 Å². The number of nitrogens with zero attached hydrogens (tertiary/aromatic N) is 3. The molecule has 1 aliphatic heterocycles. The first-order valence-electron chi connectivity index (χ1n) is 9.09. The van der Waals surface area contributed by atoms with Crippen LogP contribution >= 0.6 is 0 Å². The maximum atomic E-state index is 12.7. The molecule has 2 N–H and O–H groups in total. The van der Waals surface area contributed by atoms with E-state index >= 15 is 0 Å². The lowest BCUT2D eigenvalue weighted by Crippen LogP contribution is -2.51. The van der Waals surface area contributed by atoms with E-state index < -0.39 is 15.5 Å². The zero-order valence-electron chi connectivity index (χ0n) is 16.1. The third kappa shape index (κ3) is 5.37. The summed E-state index contributed by atoms with van der Waals surface area (Å²) in [7, 11) is -5.26. The van der Waals surface area contributed by atoms with E-state index in [2.05, 4.69) is 20.8 Å². The number of aliphatic imine (C=N–C) groups is 1. The first-order chi connectivity index (χ1) is 13.1. The Kier molecular flexibility index (Phi) is 7.32. The van der Waals surface area contributed by atoms with E-state index in [1.54, 1.807) is 0 Å². The summed E-state index contributed by atoms with van der Waals surface area (Å²) < 4.78 is 66.5. The van der Waals surface area contributed by atoms with Crippen molar-refractivity contribution in [3.8, 4) is 0 Å². The number of sulfonamides is 1. The van der Waals surface area contributed by atoms with Gasteiger partial charge < -0.3 is 15.2 Å². The van der Waals surface area contributed by atoms with Crippen molar-refractivity contribution in [1.29, 1.82) is 0 Å². The number of nitrogens with one attached hydrogen (secondary N) is 2. The molecule has 0 aromatic carbocycles. The van der Waals surface area contributed by atoms with Crippen LogP contribution in [0, 0.1) is 13.8 Å². The van der Waals surface area contributed by atoms with Crippen molar-refractivity contribution in [2.45, 2.75) is 51.6 Å². The summed E-state index contributed by atoms with van der Waals surface area (Å²) in [5, 5.41) is 10.2. The lowest BCUT2D eigenvalue weighted by molar-refractivity contribution is -0.0494. The molecule has 2 heterocycles. The van der Waals surface area contributed by atoms with Crippen LogP contribution in [-0.2, 0) is 16.4 Å². The summed E-state index contributed by atoms with van der Waals surface area (Å²) in [6.45, 7) is 6.35. The number of hydrogen-bond acceptors (Lipinski definition) is 5. The van der Waals surface area contributed by atoms with Crippen molar-refractivity contribution in [1.82, 2.24) is 20.1 Å². The van der Waals surface area contributed by atoms with Gasteiger partial charge in [-0.2, -0.15) is 17.5 Å². The van der Waals surface area contributed by atoms with Crippen molar-refractivity contribution >= 4 is 16.0 Å². The summed E-state index contributed by atoms with van der Waals surface area (Å²) >= 11 is 0. The highest BCUT2D eigenvalue weighted by atomic mass is 32.2. The van der Waals surface area contributed by atoms with E-state index in [4.69, 9.17) is 4.52 Å². The molecule has 0 saturated carbocycles. The minimum atomic E-state index is -5.26. The van der Waals surface area contributed by atoms with Gasteiger partial charge in [-0.15, -0.1) is 0 Å². The fourth-order valence-electron chi connectivity index (χ4n) is 3.04. The Morgan fingerprint density at radius 3 is 2.46 bits per heavy atom. The SMILES string of the molecule is CCNC(=NCCc1c(C)noc1C)NC1CCN(S(=O)(=O)C(F)(F)F)CC1. The molecule has 2 rings (SSSR count). The third-order valence-electron chi connectivity index (χ3n) is 4.58. The Morgan fingerprint density at radius 2 is 1.96 bits per heavy atom. The number of guanidine groups is 1. The lowest BCUT2D eigenvalue weighted by atomic mass is 10.1. The Hall–Kier alpha value is -1.82. The minimum Gasteiger partial charge on any atom is -0.361 e. The molecule has 0 unspecified atom stereocenters. The standard InChI is InChI=1S/C16H26F3N5O3S/c1-4-20-15(21-8-5-14-11(2)23-27-12(14)3)22-13-6-9-24(10-7-13)28(25,26)16(17,18)19/h13H,4-10H2,1-3H3,(H2,20,21,22). The van der Waals surface area contributed by atoms with Gasteiger partial charge in [0.1, 0.15) is 5.76 Å². The van der Waals surface area contributed by atoms with E-state index in [1.807, 2.05) is 20.8 Å². The lowest BCUT2D eigenvalue weighted by Gasteiger charge is -2.32. The fraction of sp³-hybridized carbons (Fsp3) is 0.750. The average molecular weight is 425 g/mol. The molecule has 1 aromatic rings. The van der Waals surface area contributed by atoms with Gasteiger partial charge in [0.15, 0.2) is 5.96 Å². The van der Waals surface area contributed by atoms with Crippen LogP contribution in [0.25, 0.3) is 0 Å². The van der Waals surface area contributed by atoms with Gasteiger partial charge in [-0.25, -0.2) is 8.42 Å². The number of aryl methyl sites for hydroxylation is 2. The topological polar surface area (TPSA) is 99.8 Å². The minimum absolute atomic E-state index is 0.156. The third-order valence-corrected chi connectivity index (χ3v) is 6.21. The monoisotopic (exact) mass is 425 g/mol. The maximum Gasteiger partial charge on any atom is 0.511 e. The van der Waals surface area contributed by atoms with Crippen molar-refractivity contribution < 1.29 is 26.1 Å². The molecule has 1 fully saturated rings. The highest BCUT2D eigenvalue weighted by Gasteiger charge is 2.50. The van der Waals surface area contributed by atoms with Gasteiger partial charge in [0, 0.05) is 37.8 Å². The predicted molar refractivity (Wildman–Crippen MR) is 98.4 cm³/mol. The molecule has 160 valence electrons. The van der Waals surface area contributed by atoms with Crippen LogP contribution in [-0.4, -0.2) is 61.6 Å². The Balaban J connectivity index is 1.91. The quantitative estimate of drug-likeness (QED) is 0.532. The molecule has 28 heavy (non-hydrogen) atoms. The molecular formula is C16H26F3N5O3S. The molecular weight excluding hydrogens is 399 g/mol. The summed E-state index contributed by atoms with van der Waals surface area (Å²) in [5.41, 5.74) is -3.43. The zero-order valence-corrected chi connectivity index (χ0v) is 17.0. The van der Waals surface area contributed by atoms with E-state index in [1.165, 1.54) is 0 Å². The molecule has 0 amide bonds. The molecule has 0 atom stereocenters. The Bertz CT molecular complexity index is 764. The number of rotatable bonds is 6. The second-order valence-electron chi connectivity index (χ2n) is 6.58. The van der Waals surface area contributed by atoms with Gasteiger partial charge >= 0.3 is 15.5 Å². The van der Waals surface area contributed by atoms with Crippen molar-refractivity contribution in [3.05, 3.63) is 17.0 Å². The van der Waals surface area contributed by atoms with Crippen LogP contribution in [0.2, 0.25) is 0 Å². The largest absolute Gasteiger partial charge is 0.511 e. The molecule has 0 radical (unpaired) electrons. The van der Waals surface area contributed by atoms with E-state index in [-0.39, 0.29) is 32.0 Å². The van der Waals surface area contributed by atoms with Crippen LogP contribution in [0.5, 0.6) is 0 Å². The van der Waals surface area contributed by atoms with Crippen LogP contribution in [0.4, 0.5) is 13.2 Å². The molecule has 0 aliphatic carbocycles. The van der Waals surface area contributed by atoms with Crippen LogP contribution in [0.15, 0.2) is 9.52 Å². The molecule has 1 saturated heterocycles. The Morgan fingerprint density at radius 1 is 1.32 bits per heavy atom. The number of alkyl halides is 3. The van der Waals surface area contributed by atoms with Crippen LogP contribution in [0.3, 0.4) is 0 Å². The predicted octanol–water partition coefficient (Wildman–Crippen LogP) is 1.70. The molecule has 12 heteroatoms. The smallest absolute Gasteiger partial charge is 0.361 e. The average Bonchev–Trinajstić information content (AvgIpc) is 2.93. The van der Waals surface area contributed by atoms with Gasteiger partial charge in [0.05, 0.1) is 5.69 Å². The van der Waals surface area contributed by atoms with Crippen LogP contribution < -0.4 is 10.6 Å². The second kappa shape index (κ2) is 9.12. The maximum absolute atomic E-state index is 12.7. The van der Waals surface area contributed by atoms with E-state index in [9.17, 15) is 21.6 Å². The first-order valence-corrected chi connectivity index (χ1v) is 10.5. The van der Waals surface area contributed by atoms with Crippen molar-refractivity contribution in [2.75, 3.05) is 26.2 Å². The first kappa shape index (κ1) is 22.5. The van der Waals surface area contributed by atoms with Gasteiger partial charge in [0.2, 0.25) is 0 Å². The summed E-state index contributed by atoms with van der Waals surface area (Å²) in [4.78, 5) is 4.48. The molecule has 0 bridgehead atoms. The normalized spacial score (nSPS) is 17.7. The number of aromatic nitrogens is 1. The summed E-state index contributed by atoms with van der Waals surface area (Å²) in [5.74, 6) is 1.30.